The molecular weight excluding hydrogens is 454 g/mol. The zero-order chi connectivity index (χ0) is 24.8. The van der Waals surface area contributed by atoms with Crippen LogP contribution >= 0.6 is 0 Å². The fourth-order valence-electron chi connectivity index (χ4n) is 4.18. The van der Waals surface area contributed by atoms with Crippen molar-refractivity contribution in [3.05, 3.63) is 28.3 Å². The lowest BCUT2D eigenvalue weighted by Gasteiger charge is -2.36. The number of nitrogens with one attached hydrogen (secondary N) is 2. The molecule has 13 heteroatoms. The quantitative estimate of drug-likeness (QED) is 0.445. The van der Waals surface area contributed by atoms with Crippen LogP contribution < -0.4 is 15.4 Å². The first-order valence-corrected chi connectivity index (χ1v) is 10.7. The second-order valence-corrected chi connectivity index (χ2v) is 9.00. The average Bonchev–Trinajstić information content (AvgIpc) is 3.25. The monoisotopic (exact) mass is 481 g/mol. The third-order valence-electron chi connectivity index (χ3n) is 5.51. The number of rotatable bonds is 6. The zero-order valence-electron chi connectivity index (χ0n) is 19.4. The Morgan fingerprint density at radius 1 is 1.06 bits per heavy atom. The molecule has 13 nitrogen and oxygen atoms in total. The molecule has 186 valence electrons. The first kappa shape index (κ1) is 24.3. The summed E-state index contributed by atoms with van der Waals surface area (Å²) in [5.74, 6) is -2.94. The van der Waals surface area contributed by atoms with Crippen LogP contribution in [0.3, 0.4) is 0 Å². The van der Waals surface area contributed by atoms with Gasteiger partial charge in [0.1, 0.15) is 29.7 Å². The van der Waals surface area contributed by atoms with Crippen molar-refractivity contribution in [2.45, 2.75) is 70.0 Å². The summed E-state index contributed by atoms with van der Waals surface area (Å²) in [6.45, 7) is 6.42. The van der Waals surface area contributed by atoms with Gasteiger partial charge < -0.3 is 39.1 Å². The standard InChI is InChI=1S/C21H27N3O10/c1-20(2)31-14-15(32-20)17-19(34-21(3,4)33-17)30-16(14)18(26)22-9-13(25)23-11-7-6-10(29-5)8-12(11)24(27)28/h6-8,14-17,19H,9H2,1-5H3,(H,22,26)(H,23,25)/t14-,15+,16+,17+,19+/m0/s1. The molecule has 4 rings (SSSR count). The van der Waals surface area contributed by atoms with E-state index in [1.807, 2.05) is 0 Å². The Labute approximate surface area is 195 Å². The van der Waals surface area contributed by atoms with Crippen LogP contribution in [0.25, 0.3) is 0 Å². The number of anilines is 1. The van der Waals surface area contributed by atoms with E-state index in [0.717, 1.165) is 0 Å². The van der Waals surface area contributed by atoms with Crippen molar-refractivity contribution in [3.63, 3.8) is 0 Å². The predicted octanol–water partition coefficient (Wildman–Crippen LogP) is 1.05. The fourth-order valence-corrected chi connectivity index (χ4v) is 4.18. The van der Waals surface area contributed by atoms with Crippen LogP contribution in [0.1, 0.15) is 27.7 Å². The minimum Gasteiger partial charge on any atom is -0.496 e. The maximum absolute atomic E-state index is 12.9. The van der Waals surface area contributed by atoms with Gasteiger partial charge in [0, 0.05) is 0 Å². The summed E-state index contributed by atoms with van der Waals surface area (Å²) in [6, 6.07) is 4.00. The Balaban J connectivity index is 1.42. The zero-order valence-corrected chi connectivity index (χ0v) is 19.4. The molecule has 0 unspecified atom stereocenters. The molecule has 2 amide bonds. The minimum absolute atomic E-state index is 0.0325. The normalized spacial score (nSPS) is 30.7. The molecule has 3 aliphatic heterocycles. The molecule has 1 aromatic carbocycles. The van der Waals surface area contributed by atoms with E-state index in [0.29, 0.717) is 0 Å². The highest BCUT2D eigenvalue weighted by atomic mass is 16.9. The van der Waals surface area contributed by atoms with Crippen molar-refractivity contribution < 1.29 is 42.9 Å². The van der Waals surface area contributed by atoms with Crippen LogP contribution in [-0.4, -0.2) is 72.7 Å². The summed E-state index contributed by atoms with van der Waals surface area (Å²) < 4.78 is 34.3. The smallest absolute Gasteiger partial charge is 0.296 e. The first-order chi connectivity index (χ1) is 15.9. The Morgan fingerprint density at radius 3 is 2.38 bits per heavy atom. The number of methoxy groups -OCH3 is 1. The van der Waals surface area contributed by atoms with Gasteiger partial charge in [-0.15, -0.1) is 0 Å². The molecular formula is C21H27N3O10. The van der Waals surface area contributed by atoms with Gasteiger partial charge in [0.15, 0.2) is 24.0 Å². The molecule has 0 aliphatic carbocycles. The molecule has 0 bridgehead atoms. The lowest BCUT2D eigenvalue weighted by atomic mass is 9.98. The van der Waals surface area contributed by atoms with E-state index in [1.165, 1.54) is 25.3 Å². The molecule has 34 heavy (non-hydrogen) atoms. The Kier molecular flexibility index (Phi) is 6.25. The summed E-state index contributed by atoms with van der Waals surface area (Å²) in [7, 11) is 1.37. The third kappa shape index (κ3) is 4.83. The molecule has 3 heterocycles. The fraction of sp³-hybridized carbons (Fsp3) is 0.619. The number of hydrogen-bond donors (Lipinski definition) is 2. The van der Waals surface area contributed by atoms with Gasteiger partial charge in [-0.1, -0.05) is 0 Å². The molecule has 3 fully saturated rings. The van der Waals surface area contributed by atoms with Crippen LogP contribution in [-0.2, 0) is 33.3 Å². The van der Waals surface area contributed by atoms with Gasteiger partial charge in [0.05, 0.1) is 24.6 Å². The average molecular weight is 481 g/mol. The van der Waals surface area contributed by atoms with Crippen molar-refractivity contribution >= 4 is 23.2 Å². The second kappa shape index (κ2) is 8.74. The van der Waals surface area contributed by atoms with Gasteiger partial charge in [-0.2, -0.15) is 0 Å². The van der Waals surface area contributed by atoms with E-state index >= 15 is 0 Å². The summed E-state index contributed by atoms with van der Waals surface area (Å²) >= 11 is 0. The molecule has 0 aromatic heterocycles. The molecule has 0 radical (unpaired) electrons. The number of nitrogens with zero attached hydrogens (tertiary/aromatic N) is 1. The number of fused-ring (bicyclic) bond motifs is 3. The van der Waals surface area contributed by atoms with Crippen molar-refractivity contribution in [3.8, 4) is 5.75 Å². The predicted molar refractivity (Wildman–Crippen MR) is 114 cm³/mol. The highest BCUT2D eigenvalue weighted by molar-refractivity contribution is 5.97. The first-order valence-electron chi connectivity index (χ1n) is 10.7. The van der Waals surface area contributed by atoms with E-state index < -0.39 is 65.6 Å². The van der Waals surface area contributed by atoms with Crippen molar-refractivity contribution in [2.75, 3.05) is 19.0 Å². The summed E-state index contributed by atoms with van der Waals surface area (Å²) in [5, 5.41) is 16.2. The van der Waals surface area contributed by atoms with Gasteiger partial charge in [0.25, 0.3) is 11.6 Å². The van der Waals surface area contributed by atoms with E-state index in [-0.39, 0.29) is 17.1 Å². The number of amides is 2. The maximum Gasteiger partial charge on any atom is 0.296 e. The van der Waals surface area contributed by atoms with Crippen molar-refractivity contribution in [1.82, 2.24) is 5.32 Å². The summed E-state index contributed by atoms with van der Waals surface area (Å²) in [6.07, 6.45) is -4.00. The molecule has 0 saturated carbocycles. The van der Waals surface area contributed by atoms with Crippen molar-refractivity contribution in [1.29, 1.82) is 0 Å². The molecule has 2 N–H and O–H groups in total. The van der Waals surface area contributed by atoms with Gasteiger partial charge in [-0.3, -0.25) is 19.7 Å². The number of nitro groups is 1. The van der Waals surface area contributed by atoms with Crippen LogP contribution in [0.15, 0.2) is 18.2 Å². The molecule has 3 aliphatic rings. The second-order valence-electron chi connectivity index (χ2n) is 9.00. The van der Waals surface area contributed by atoms with E-state index in [9.17, 15) is 19.7 Å². The lowest BCUT2D eigenvalue weighted by molar-refractivity contribution is -0.384. The molecule has 3 saturated heterocycles. The number of carbonyl (C=O) groups is 2. The topological polar surface area (TPSA) is 157 Å². The van der Waals surface area contributed by atoms with Gasteiger partial charge in [0.2, 0.25) is 5.91 Å². The summed E-state index contributed by atoms with van der Waals surface area (Å²) in [5.41, 5.74) is -0.377. The van der Waals surface area contributed by atoms with Crippen LogP contribution in [0, 0.1) is 10.1 Å². The Hall–Kier alpha value is -2.84. The van der Waals surface area contributed by atoms with E-state index in [4.69, 9.17) is 28.4 Å². The Bertz CT molecular complexity index is 997. The highest BCUT2D eigenvalue weighted by Crippen LogP contribution is 2.44. The van der Waals surface area contributed by atoms with Gasteiger partial charge in [-0.05, 0) is 39.8 Å². The highest BCUT2D eigenvalue weighted by Gasteiger charge is 2.62. The summed E-state index contributed by atoms with van der Waals surface area (Å²) in [4.78, 5) is 36.0. The van der Waals surface area contributed by atoms with Crippen molar-refractivity contribution in [2.24, 2.45) is 0 Å². The largest absolute Gasteiger partial charge is 0.496 e. The number of hydrogen-bond acceptors (Lipinski definition) is 10. The molecule has 1 aromatic rings. The SMILES string of the molecule is COc1ccc(NC(=O)CNC(=O)[C@@H]2O[C@@H]3OC(C)(C)O[C@@H]3[C@@H]3OC(C)(C)O[C@@H]32)c([N+](=O)[O-])c1. The van der Waals surface area contributed by atoms with Crippen LogP contribution in [0.2, 0.25) is 0 Å². The van der Waals surface area contributed by atoms with Gasteiger partial charge >= 0.3 is 0 Å². The van der Waals surface area contributed by atoms with Crippen LogP contribution in [0.5, 0.6) is 5.75 Å². The maximum atomic E-state index is 12.9. The number of nitro benzene ring substituents is 1. The lowest BCUT2D eigenvalue weighted by Crippen LogP contribution is -2.59. The Morgan fingerprint density at radius 2 is 1.71 bits per heavy atom. The number of ether oxygens (including phenoxy) is 6. The number of benzene rings is 1. The minimum atomic E-state index is -1.13. The molecule has 5 atom stereocenters. The van der Waals surface area contributed by atoms with Gasteiger partial charge in [-0.25, -0.2) is 0 Å². The number of carbonyl (C=O) groups excluding carboxylic acids is 2. The van der Waals surface area contributed by atoms with E-state index in [1.54, 1.807) is 27.7 Å². The third-order valence-corrected chi connectivity index (χ3v) is 5.51. The van der Waals surface area contributed by atoms with Crippen LogP contribution in [0.4, 0.5) is 11.4 Å². The molecule has 0 spiro atoms. The van der Waals surface area contributed by atoms with E-state index in [2.05, 4.69) is 10.6 Å².